The van der Waals surface area contributed by atoms with Crippen LogP contribution in [0.3, 0.4) is 0 Å². The number of ether oxygens (including phenoxy) is 2. The molecule has 1 aliphatic heterocycles. The fraction of sp³-hybridized carbons (Fsp3) is 0.643. The van der Waals surface area contributed by atoms with E-state index in [4.69, 9.17) is 9.47 Å². The summed E-state index contributed by atoms with van der Waals surface area (Å²) in [4.78, 5) is 12.0. The van der Waals surface area contributed by atoms with E-state index in [1.807, 2.05) is 16.8 Å². The van der Waals surface area contributed by atoms with Crippen molar-refractivity contribution in [2.45, 2.75) is 43.9 Å². The van der Waals surface area contributed by atoms with Gasteiger partial charge in [0, 0.05) is 6.04 Å². The van der Waals surface area contributed by atoms with Gasteiger partial charge in [0.05, 0.1) is 31.8 Å². The Balaban J connectivity index is 1.49. The Labute approximate surface area is 117 Å². The number of amides is 1. The van der Waals surface area contributed by atoms with Crippen LogP contribution in [0, 0.1) is 0 Å². The van der Waals surface area contributed by atoms with E-state index in [9.17, 15) is 4.79 Å². The molecule has 5 heteroatoms. The highest BCUT2D eigenvalue weighted by molar-refractivity contribution is 7.07. The Morgan fingerprint density at radius 2 is 2.16 bits per heavy atom. The normalized spacial score (nSPS) is 30.6. The van der Waals surface area contributed by atoms with Crippen LogP contribution in [0.5, 0.6) is 0 Å². The Hall–Kier alpha value is -0.910. The van der Waals surface area contributed by atoms with Crippen LogP contribution in [0.1, 0.15) is 24.8 Å². The predicted octanol–water partition coefficient (Wildman–Crippen LogP) is 1.74. The first-order valence-corrected chi connectivity index (χ1v) is 7.79. The molecule has 104 valence electrons. The highest BCUT2D eigenvalue weighted by Gasteiger charge is 2.34. The molecular weight excluding hydrogens is 262 g/mol. The van der Waals surface area contributed by atoms with E-state index in [0.29, 0.717) is 19.6 Å². The number of hydrogen-bond donors (Lipinski definition) is 1. The largest absolute Gasteiger partial charge is 0.373 e. The van der Waals surface area contributed by atoms with Crippen molar-refractivity contribution in [2.24, 2.45) is 0 Å². The van der Waals surface area contributed by atoms with Crippen LogP contribution in [0.2, 0.25) is 0 Å². The summed E-state index contributed by atoms with van der Waals surface area (Å²) in [5.74, 6) is 0.110. The molecule has 3 atom stereocenters. The molecule has 0 aromatic carbocycles. The molecule has 1 aromatic heterocycles. The molecule has 19 heavy (non-hydrogen) atoms. The minimum absolute atomic E-state index is 0.110. The van der Waals surface area contributed by atoms with Gasteiger partial charge in [0.25, 0.3) is 0 Å². The van der Waals surface area contributed by atoms with E-state index in [0.717, 1.165) is 24.8 Å². The lowest BCUT2D eigenvalue weighted by atomic mass is 9.89. The van der Waals surface area contributed by atoms with E-state index >= 15 is 0 Å². The van der Waals surface area contributed by atoms with Crippen molar-refractivity contribution in [3.8, 4) is 0 Å². The number of rotatable bonds is 3. The highest BCUT2D eigenvalue weighted by Crippen LogP contribution is 2.26. The van der Waals surface area contributed by atoms with Crippen molar-refractivity contribution in [1.29, 1.82) is 0 Å². The molecule has 0 radical (unpaired) electrons. The van der Waals surface area contributed by atoms with E-state index < -0.39 is 0 Å². The first-order valence-electron chi connectivity index (χ1n) is 6.85. The predicted molar refractivity (Wildman–Crippen MR) is 73.3 cm³/mol. The van der Waals surface area contributed by atoms with Gasteiger partial charge in [-0.05, 0) is 41.7 Å². The van der Waals surface area contributed by atoms with E-state index in [-0.39, 0.29) is 24.2 Å². The summed E-state index contributed by atoms with van der Waals surface area (Å²) < 4.78 is 11.4. The third-order valence-corrected chi connectivity index (χ3v) is 4.52. The Morgan fingerprint density at radius 1 is 1.32 bits per heavy atom. The number of carbonyl (C=O) groups excluding carboxylic acids is 1. The van der Waals surface area contributed by atoms with Gasteiger partial charge in [0.1, 0.15) is 0 Å². The van der Waals surface area contributed by atoms with Gasteiger partial charge < -0.3 is 14.8 Å². The minimum Gasteiger partial charge on any atom is -0.373 e. The van der Waals surface area contributed by atoms with Crippen LogP contribution in [0.4, 0.5) is 0 Å². The van der Waals surface area contributed by atoms with Crippen LogP contribution in [-0.2, 0) is 20.7 Å². The standard InChI is InChI=1S/C14H19NO3S/c16-14(7-10-3-6-19-9-10)15-11-1-2-12-13(8-11)18-5-4-17-12/h3,6,9,11-13H,1-2,4-5,7-8H2,(H,15,16)/t11-,12-,13-/m1/s1. The van der Waals surface area contributed by atoms with Crippen molar-refractivity contribution in [2.75, 3.05) is 13.2 Å². The number of carbonyl (C=O) groups is 1. The molecule has 1 saturated carbocycles. The summed E-state index contributed by atoms with van der Waals surface area (Å²) in [7, 11) is 0. The topological polar surface area (TPSA) is 47.6 Å². The molecule has 1 amide bonds. The minimum atomic E-state index is 0.110. The Bertz CT molecular complexity index is 420. The van der Waals surface area contributed by atoms with Gasteiger partial charge >= 0.3 is 0 Å². The van der Waals surface area contributed by atoms with Crippen LogP contribution < -0.4 is 5.32 Å². The van der Waals surface area contributed by atoms with E-state index in [1.54, 1.807) is 11.3 Å². The molecule has 1 aliphatic carbocycles. The smallest absolute Gasteiger partial charge is 0.224 e. The van der Waals surface area contributed by atoms with Crippen molar-refractivity contribution in [3.63, 3.8) is 0 Å². The van der Waals surface area contributed by atoms with Gasteiger partial charge in [-0.25, -0.2) is 0 Å². The van der Waals surface area contributed by atoms with Crippen LogP contribution in [0.25, 0.3) is 0 Å². The van der Waals surface area contributed by atoms with Crippen LogP contribution in [0.15, 0.2) is 16.8 Å². The monoisotopic (exact) mass is 281 g/mol. The lowest BCUT2D eigenvalue weighted by Crippen LogP contribution is -2.49. The first-order chi connectivity index (χ1) is 9.31. The Morgan fingerprint density at radius 3 is 2.95 bits per heavy atom. The average Bonchev–Trinajstić information content (AvgIpc) is 2.91. The molecular formula is C14H19NO3S. The molecule has 0 bridgehead atoms. The molecule has 2 heterocycles. The number of thiophene rings is 1. The summed E-state index contributed by atoms with van der Waals surface area (Å²) >= 11 is 1.63. The molecule has 1 N–H and O–H groups in total. The van der Waals surface area contributed by atoms with Crippen molar-refractivity contribution < 1.29 is 14.3 Å². The van der Waals surface area contributed by atoms with Crippen molar-refractivity contribution >= 4 is 17.2 Å². The lowest BCUT2D eigenvalue weighted by Gasteiger charge is -2.39. The van der Waals surface area contributed by atoms with Crippen LogP contribution in [-0.4, -0.2) is 37.4 Å². The number of nitrogens with one attached hydrogen (secondary N) is 1. The van der Waals surface area contributed by atoms with Gasteiger partial charge in [-0.1, -0.05) is 0 Å². The zero-order valence-electron chi connectivity index (χ0n) is 10.8. The summed E-state index contributed by atoms with van der Waals surface area (Å²) in [6.07, 6.45) is 3.71. The molecule has 0 unspecified atom stereocenters. The average molecular weight is 281 g/mol. The second-order valence-electron chi connectivity index (χ2n) is 5.20. The molecule has 1 aromatic rings. The van der Waals surface area contributed by atoms with E-state index in [2.05, 4.69) is 5.32 Å². The Kier molecular flexibility index (Phi) is 4.15. The zero-order chi connectivity index (χ0) is 13.1. The lowest BCUT2D eigenvalue weighted by molar-refractivity contribution is -0.158. The van der Waals surface area contributed by atoms with Gasteiger partial charge in [0.2, 0.25) is 5.91 Å². The van der Waals surface area contributed by atoms with Crippen LogP contribution >= 0.6 is 11.3 Å². The molecule has 2 aliphatic rings. The molecule has 4 nitrogen and oxygen atoms in total. The number of fused-ring (bicyclic) bond motifs is 1. The molecule has 3 rings (SSSR count). The summed E-state index contributed by atoms with van der Waals surface area (Å²) in [5, 5.41) is 7.14. The summed E-state index contributed by atoms with van der Waals surface area (Å²) in [6.45, 7) is 1.38. The molecule has 1 saturated heterocycles. The molecule has 2 fully saturated rings. The van der Waals surface area contributed by atoms with Gasteiger partial charge in [-0.15, -0.1) is 0 Å². The summed E-state index contributed by atoms with van der Waals surface area (Å²) in [5.41, 5.74) is 1.09. The maximum atomic E-state index is 12.0. The van der Waals surface area contributed by atoms with E-state index in [1.165, 1.54) is 0 Å². The highest BCUT2D eigenvalue weighted by atomic mass is 32.1. The summed E-state index contributed by atoms with van der Waals surface area (Å²) in [6, 6.07) is 2.23. The third-order valence-electron chi connectivity index (χ3n) is 3.79. The third kappa shape index (κ3) is 3.35. The molecule has 0 spiro atoms. The van der Waals surface area contributed by atoms with Crippen molar-refractivity contribution in [3.05, 3.63) is 22.4 Å². The number of hydrogen-bond acceptors (Lipinski definition) is 4. The maximum Gasteiger partial charge on any atom is 0.224 e. The fourth-order valence-electron chi connectivity index (χ4n) is 2.85. The first kappa shape index (κ1) is 13.1. The van der Waals surface area contributed by atoms with Gasteiger partial charge in [0.15, 0.2) is 0 Å². The van der Waals surface area contributed by atoms with Crippen molar-refractivity contribution in [1.82, 2.24) is 5.32 Å². The van der Waals surface area contributed by atoms with Gasteiger partial charge in [-0.3, -0.25) is 4.79 Å². The fourth-order valence-corrected chi connectivity index (χ4v) is 3.52. The maximum absolute atomic E-state index is 12.0. The second-order valence-corrected chi connectivity index (χ2v) is 5.98. The zero-order valence-corrected chi connectivity index (χ0v) is 11.7. The SMILES string of the molecule is O=C(Cc1ccsc1)N[C@@H]1CC[C@H]2OCCO[C@@H]2C1. The quantitative estimate of drug-likeness (QED) is 0.918. The van der Waals surface area contributed by atoms with Gasteiger partial charge in [-0.2, -0.15) is 11.3 Å². The second kappa shape index (κ2) is 6.03.